The van der Waals surface area contributed by atoms with Crippen molar-refractivity contribution in [1.82, 2.24) is 15.3 Å². The Labute approximate surface area is 94.5 Å². The molecule has 2 heterocycles. The monoisotopic (exact) mass is 220 g/mol. The molecule has 1 aliphatic rings. The summed E-state index contributed by atoms with van der Waals surface area (Å²) >= 11 is 0. The molecule has 1 aromatic heterocycles. The van der Waals surface area contributed by atoms with Gasteiger partial charge in [-0.25, -0.2) is 9.97 Å². The van der Waals surface area contributed by atoms with Crippen LogP contribution in [0.3, 0.4) is 0 Å². The number of fused-ring (bicyclic) bond motifs is 1. The number of rotatable bonds is 2. The van der Waals surface area contributed by atoms with E-state index in [1.165, 1.54) is 6.20 Å². The third kappa shape index (κ3) is 2.13. The zero-order valence-electron chi connectivity index (χ0n) is 9.53. The highest BCUT2D eigenvalue weighted by atomic mass is 16.1. The first-order chi connectivity index (χ1) is 7.56. The van der Waals surface area contributed by atoms with Crippen molar-refractivity contribution in [2.24, 2.45) is 5.92 Å². The molecule has 0 aromatic carbocycles. The maximum atomic E-state index is 11.8. The Balaban J connectivity index is 2.24. The Hall–Kier alpha value is -1.65. The Morgan fingerprint density at radius 3 is 3.06 bits per heavy atom. The predicted molar refractivity (Wildman–Crippen MR) is 60.9 cm³/mol. The topological polar surface area (TPSA) is 80.9 Å². The molecule has 1 aliphatic heterocycles. The third-order valence-electron chi connectivity index (χ3n) is 2.66. The van der Waals surface area contributed by atoms with Gasteiger partial charge in [0.15, 0.2) is 0 Å². The van der Waals surface area contributed by atoms with Crippen LogP contribution in [0.4, 0.5) is 5.95 Å². The van der Waals surface area contributed by atoms with Crippen molar-refractivity contribution in [2.75, 3.05) is 5.73 Å². The summed E-state index contributed by atoms with van der Waals surface area (Å²) in [5.74, 6) is 0.690. The summed E-state index contributed by atoms with van der Waals surface area (Å²) in [6.45, 7) is 4.27. The largest absolute Gasteiger partial charge is 0.368 e. The number of carbonyl (C=O) groups is 1. The summed E-state index contributed by atoms with van der Waals surface area (Å²) in [4.78, 5) is 19.7. The van der Waals surface area contributed by atoms with E-state index in [0.717, 1.165) is 18.5 Å². The molecular formula is C11H16N4O. The highest BCUT2D eigenvalue weighted by Crippen LogP contribution is 2.18. The van der Waals surface area contributed by atoms with Crippen molar-refractivity contribution in [1.29, 1.82) is 0 Å². The Bertz CT molecular complexity index is 416. The van der Waals surface area contributed by atoms with Gasteiger partial charge < -0.3 is 11.1 Å². The van der Waals surface area contributed by atoms with Gasteiger partial charge in [-0.3, -0.25) is 4.79 Å². The van der Waals surface area contributed by atoms with Crippen LogP contribution < -0.4 is 11.1 Å². The molecule has 5 heteroatoms. The number of nitrogens with one attached hydrogen (secondary N) is 1. The lowest BCUT2D eigenvalue weighted by molar-refractivity contribution is 0.0918. The molecule has 86 valence electrons. The fourth-order valence-corrected chi connectivity index (χ4v) is 2.04. The van der Waals surface area contributed by atoms with Crippen LogP contribution in [0.2, 0.25) is 0 Å². The fraction of sp³-hybridized carbons (Fsp3) is 0.545. The minimum Gasteiger partial charge on any atom is -0.368 e. The number of nitrogens with two attached hydrogens (primary N) is 1. The SMILES string of the molecule is CC(C)C[C@H]1Cc2nc(N)ncc2C(=O)N1. The van der Waals surface area contributed by atoms with Gasteiger partial charge in [-0.2, -0.15) is 0 Å². The van der Waals surface area contributed by atoms with E-state index < -0.39 is 0 Å². The van der Waals surface area contributed by atoms with Gasteiger partial charge in [0.25, 0.3) is 5.91 Å². The van der Waals surface area contributed by atoms with Crippen molar-refractivity contribution in [3.05, 3.63) is 17.5 Å². The first kappa shape index (κ1) is 10.9. The van der Waals surface area contributed by atoms with Crippen LogP contribution in [0.5, 0.6) is 0 Å². The van der Waals surface area contributed by atoms with Gasteiger partial charge in [0.1, 0.15) is 0 Å². The standard InChI is InChI=1S/C11H16N4O/c1-6(2)3-7-4-9-8(10(16)14-7)5-13-11(12)15-9/h5-7H,3-4H2,1-2H3,(H,14,16)(H2,12,13,15)/t7-/m0/s1. The molecule has 2 rings (SSSR count). The zero-order chi connectivity index (χ0) is 11.7. The molecule has 3 N–H and O–H groups in total. The van der Waals surface area contributed by atoms with Crippen LogP contribution in [0.15, 0.2) is 6.20 Å². The highest BCUT2D eigenvalue weighted by molar-refractivity contribution is 5.96. The zero-order valence-corrected chi connectivity index (χ0v) is 9.53. The second-order valence-corrected chi connectivity index (χ2v) is 4.59. The van der Waals surface area contributed by atoms with E-state index in [2.05, 4.69) is 29.1 Å². The van der Waals surface area contributed by atoms with Gasteiger partial charge in [-0.1, -0.05) is 13.8 Å². The lowest BCUT2D eigenvalue weighted by Gasteiger charge is -2.25. The van der Waals surface area contributed by atoms with Crippen molar-refractivity contribution in [3.8, 4) is 0 Å². The van der Waals surface area contributed by atoms with E-state index in [4.69, 9.17) is 5.73 Å². The molecule has 0 fully saturated rings. The molecule has 0 unspecified atom stereocenters. The highest BCUT2D eigenvalue weighted by Gasteiger charge is 2.26. The van der Waals surface area contributed by atoms with Gasteiger partial charge in [0.2, 0.25) is 5.95 Å². The smallest absolute Gasteiger partial charge is 0.254 e. The number of aromatic nitrogens is 2. The van der Waals surface area contributed by atoms with Crippen molar-refractivity contribution < 1.29 is 4.79 Å². The van der Waals surface area contributed by atoms with Crippen LogP contribution in [-0.2, 0) is 6.42 Å². The normalized spacial score (nSPS) is 19.4. The van der Waals surface area contributed by atoms with Crippen LogP contribution in [0, 0.1) is 5.92 Å². The number of nitrogen functional groups attached to an aromatic ring is 1. The molecular weight excluding hydrogens is 204 g/mol. The number of nitrogens with zero attached hydrogens (tertiary/aromatic N) is 2. The predicted octanol–water partition coefficient (Wildman–Crippen LogP) is 0.759. The maximum Gasteiger partial charge on any atom is 0.254 e. The first-order valence-electron chi connectivity index (χ1n) is 5.48. The second-order valence-electron chi connectivity index (χ2n) is 4.59. The molecule has 1 amide bonds. The Morgan fingerprint density at radius 1 is 1.62 bits per heavy atom. The van der Waals surface area contributed by atoms with Gasteiger partial charge in [-0.05, 0) is 12.3 Å². The molecule has 1 atom stereocenters. The molecule has 16 heavy (non-hydrogen) atoms. The molecule has 0 bridgehead atoms. The number of anilines is 1. The summed E-state index contributed by atoms with van der Waals surface area (Å²) in [6.07, 6.45) is 3.19. The molecule has 0 saturated heterocycles. The Kier molecular flexibility index (Phi) is 2.77. The summed E-state index contributed by atoms with van der Waals surface area (Å²) in [6, 6.07) is 0.161. The lowest BCUT2D eigenvalue weighted by atomic mass is 9.94. The average Bonchev–Trinajstić information content (AvgIpc) is 2.15. The van der Waals surface area contributed by atoms with Crippen LogP contribution in [0.25, 0.3) is 0 Å². The summed E-state index contributed by atoms with van der Waals surface area (Å²) < 4.78 is 0. The number of carbonyl (C=O) groups excluding carboxylic acids is 1. The lowest BCUT2D eigenvalue weighted by Crippen LogP contribution is -2.42. The second kappa shape index (κ2) is 4.08. The van der Waals surface area contributed by atoms with Crippen LogP contribution in [0.1, 0.15) is 36.3 Å². The van der Waals surface area contributed by atoms with Crippen molar-refractivity contribution in [3.63, 3.8) is 0 Å². The quantitative estimate of drug-likeness (QED) is 0.771. The number of hydrogen-bond donors (Lipinski definition) is 2. The average molecular weight is 220 g/mol. The Morgan fingerprint density at radius 2 is 2.38 bits per heavy atom. The molecule has 0 aliphatic carbocycles. The third-order valence-corrected chi connectivity index (χ3v) is 2.66. The summed E-state index contributed by atoms with van der Waals surface area (Å²) in [5, 5.41) is 2.96. The van der Waals surface area contributed by atoms with E-state index in [0.29, 0.717) is 11.5 Å². The summed E-state index contributed by atoms with van der Waals surface area (Å²) in [5.41, 5.74) is 6.84. The minimum atomic E-state index is -0.0908. The molecule has 0 radical (unpaired) electrons. The van der Waals surface area contributed by atoms with E-state index in [-0.39, 0.29) is 17.9 Å². The van der Waals surface area contributed by atoms with Gasteiger partial charge in [0, 0.05) is 18.7 Å². The van der Waals surface area contributed by atoms with Gasteiger partial charge in [0.05, 0.1) is 11.3 Å². The molecule has 0 saturated carbocycles. The molecule has 5 nitrogen and oxygen atoms in total. The van der Waals surface area contributed by atoms with Gasteiger partial charge >= 0.3 is 0 Å². The fourth-order valence-electron chi connectivity index (χ4n) is 2.04. The van der Waals surface area contributed by atoms with E-state index in [9.17, 15) is 4.79 Å². The van der Waals surface area contributed by atoms with Gasteiger partial charge in [-0.15, -0.1) is 0 Å². The van der Waals surface area contributed by atoms with E-state index in [1.807, 2.05) is 0 Å². The van der Waals surface area contributed by atoms with Crippen molar-refractivity contribution >= 4 is 11.9 Å². The number of hydrogen-bond acceptors (Lipinski definition) is 4. The van der Waals surface area contributed by atoms with Crippen molar-refractivity contribution in [2.45, 2.75) is 32.7 Å². The van der Waals surface area contributed by atoms with E-state index >= 15 is 0 Å². The van der Waals surface area contributed by atoms with E-state index in [1.54, 1.807) is 0 Å². The maximum absolute atomic E-state index is 11.8. The molecule has 0 spiro atoms. The molecule has 1 aromatic rings. The number of amides is 1. The van der Waals surface area contributed by atoms with Crippen LogP contribution >= 0.6 is 0 Å². The minimum absolute atomic E-state index is 0.0908. The first-order valence-corrected chi connectivity index (χ1v) is 5.48. The van der Waals surface area contributed by atoms with Crippen LogP contribution in [-0.4, -0.2) is 21.9 Å². The summed E-state index contributed by atoms with van der Waals surface area (Å²) in [7, 11) is 0.